The summed E-state index contributed by atoms with van der Waals surface area (Å²) in [5, 5.41) is 8.94. The van der Waals surface area contributed by atoms with Crippen LogP contribution in [0, 0.1) is 0 Å². The molecule has 20 heavy (non-hydrogen) atoms. The van der Waals surface area contributed by atoms with Crippen LogP contribution in [0.1, 0.15) is 10.5 Å². The van der Waals surface area contributed by atoms with Crippen molar-refractivity contribution in [2.75, 3.05) is 4.72 Å². The predicted molar refractivity (Wildman–Crippen MR) is 75.5 cm³/mol. The molecule has 0 aliphatic carbocycles. The first kappa shape index (κ1) is 14.8. The topological polar surface area (TPSA) is 112 Å². The third-order valence-electron chi connectivity index (χ3n) is 2.25. The van der Waals surface area contributed by atoms with Crippen LogP contribution in [0.4, 0.5) is 5.69 Å². The molecule has 2 aromatic heterocycles. The molecular formula is C10H7BrClN3O4S. The van der Waals surface area contributed by atoms with Crippen LogP contribution < -0.4 is 4.72 Å². The van der Waals surface area contributed by atoms with Crippen LogP contribution in [0.2, 0.25) is 5.15 Å². The van der Waals surface area contributed by atoms with Crippen molar-refractivity contribution in [1.29, 1.82) is 0 Å². The Labute approximate surface area is 127 Å². The molecule has 0 unspecified atom stereocenters. The standard InChI is InChI=1S/C10H7BrClN3O4S/c11-7-1-5(3-14-9(7)12)15-20(18,19)6-2-8(10(16)17)13-4-6/h1-4,13,15H,(H,16,17). The van der Waals surface area contributed by atoms with E-state index < -0.39 is 16.0 Å². The number of aromatic amines is 1. The number of H-pyrrole nitrogens is 1. The monoisotopic (exact) mass is 379 g/mol. The highest BCUT2D eigenvalue weighted by atomic mass is 79.9. The van der Waals surface area contributed by atoms with Crippen molar-refractivity contribution >= 4 is 49.2 Å². The number of nitrogens with zero attached hydrogens (tertiary/aromatic N) is 1. The van der Waals surface area contributed by atoms with Gasteiger partial charge in [-0.05, 0) is 28.1 Å². The van der Waals surface area contributed by atoms with Crippen LogP contribution in [0.15, 0.2) is 33.9 Å². The minimum absolute atomic E-state index is 0.194. The molecule has 2 rings (SSSR count). The van der Waals surface area contributed by atoms with Gasteiger partial charge in [0, 0.05) is 6.20 Å². The average Bonchev–Trinajstić information content (AvgIpc) is 2.84. The molecule has 3 N–H and O–H groups in total. The van der Waals surface area contributed by atoms with Gasteiger partial charge in [0.15, 0.2) is 0 Å². The number of aromatic carboxylic acids is 1. The first-order valence-electron chi connectivity index (χ1n) is 5.05. The Morgan fingerprint density at radius 3 is 2.70 bits per heavy atom. The third kappa shape index (κ3) is 3.11. The molecule has 0 saturated carbocycles. The Bertz CT molecular complexity index is 775. The van der Waals surface area contributed by atoms with Gasteiger partial charge in [-0.2, -0.15) is 0 Å². The molecule has 0 aromatic carbocycles. The van der Waals surface area contributed by atoms with Crippen LogP contribution in [-0.2, 0) is 10.0 Å². The highest BCUT2D eigenvalue weighted by molar-refractivity contribution is 9.10. The number of hydrogen-bond donors (Lipinski definition) is 3. The number of rotatable bonds is 4. The summed E-state index contributed by atoms with van der Waals surface area (Å²) in [6.45, 7) is 0. The number of carbonyl (C=O) groups is 1. The van der Waals surface area contributed by atoms with E-state index in [4.69, 9.17) is 16.7 Å². The van der Waals surface area contributed by atoms with Gasteiger partial charge in [-0.3, -0.25) is 4.72 Å². The van der Waals surface area contributed by atoms with Crippen molar-refractivity contribution in [3.8, 4) is 0 Å². The van der Waals surface area contributed by atoms with Gasteiger partial charge in [0.25, 0.3) is 10.0 Å². The van der Waals surface area contributed by atoms with Gasteiger partial charge in [0.2, 0.25) is 0 Å². The average molecular weight is 381 g/mol. The number of aromatic nitrogens is 2. The maximum Gasteiger partial charge on any atom is 0.352 e. The van der Waals surface area contributed by atoms with Crippen LogP contribution in [0.5, 0.6) is 0 Å². The number of hydrogen-bond acceptors (Lipinski definition) is 4. The molecule has 0 amide bonds. The van der Waals surface area contributed by atoms with E-state index in [-0.39, 0.29) is 21.4 Å². The van der Waals surface area contributed by atoms with E-state index in [0.29, 0.717) is 4.47 Å². The summed E-state index contributed by atoms with van der Waals surface area (Å²) >= 11 is 8.82. The van der Waals surface area contributed by atoms with Crippen LogP contribution >= 0.6 is 27.5 Å². The summed E-state index contributed by atoms with van der Waals surface area (Å²) < 4.78 is 26.8. The molecule has 10 heteroatoms. The van der Waals surface area contributed by atoms with Crippen molar-refractivity contribution in [3.63, 3.8) is 0 Å². The molecular weight excluding hydrogens is 374 g/mol. The number of carboxylic acids is 1. The number of sulfonamides is 1. The molecule has 0 atom stereocenters. The van der Waals surface area contributed by atoms with Gasteiger partial charge in [-0.15, -0.1) is 0 Å². The van der Waals surface area contributed by atoms with E-state index in [1.165, 1.54) is 12.3 Å². The molecule has 0 radical (unpaired) electrons. The van der Waals surface area contributed by atoms with Gasteiger partial charge in [0.05, 0.1) is 16.4 Å². The molecule has 0 fully saturated rings. The quantitative estimate of drug-likeness (QED) is 0.705. The largest absolute Gasteiger partial charge is 0.477 e. The summed E-state index contributed by atoms with van der Waals surface area (Å²) in [5.74, 6) is -1.25. The Hall–Kier alpha value is -1.58. The summed E-state index contributed by atoms with van der Waals surface area (Å²) in [7, 11) is -3.90. The molecule has 7 nitrogen and oxygen atoms in total. The van der Waals surface area contributed by atoms with E-state index in [1.807, 2.05) is 0 Å². The first-order valence-corrected chi connectivity index (χ1v) is 7.70. The lowest BCUT2D eigenvalue weighted by Gasteiger charge is -2.06. The third-order valence-corrected chi connectivity index (χ3v) is 4.74. The lowest BCUT2D eigenvalue weighted by Crippen LogP contribution is -2.12. The Morgan fingerprint density at radius 1 is 1.45 bits per heavy atom. The fourth-order valence-electron chi connectivity index (χ4n) is 1.34. The molecule has 0 aliphatic rings. The van der Waals surface area contributed by atoms with Gasteiger partial charge in [-0.25, -0.2) is 18.2 Å². The predicted octanol–water partition coefficient (Wildman–Crippen LogP) is 2.32. The smallest absolute Gasteiger partial charge is 0.352 e. The number of halogens is 2. The molecule has 2 heterocycles. The molecule has 0 spiro atoms. The van der Waals surface area contributed by atoms with Gasteiger partial charge < -0.3 is 10.1 Å². The van der Waals surface area contributed by atoms with Gasteiger partial charge >= 0.3 is 5.97 Å². The number of anilines is 1. The Balaban J connectivity index is 2.30. The van der Waals surface area contributed by atoms with Gasteiger partial charge in [-0.1, -0.05) is 11.6 Å². The Kier molecular flexibility index (Phi) is 4.02. The van der Waals surface area contributed by atoms with E-state index in [0.717, 1.165) is 12.3 Å². The fraction of sp³-hybridized carbons (Fsp3) is 0. The maximum absolute atomic E-state index is 12.0. The zero-order valence-electron chi connectivity index (χ0n) is 9.59. The van der Waals surface area contributed by atoms with E-state index in [1.54, 1.807) is 0 Å². The molecule has 0 aliphatic heterocycles. The minimum atomic E-state index is -3.90. The SMILES string of the molecule is O=C(O)c1cc(S(=O)(=O)Nc2cnc(Cl)c(Br)c2)c[nH]1. The second-order valence-corrected chi connectivity index (χ2v) is 6.55. The van der Waals surface area contributed by atoms with Gasteiger partial charge in [0.1, 0.15) is 15.7 Å². The van der Waals surface area contributed by atoms with E-state index in [9.17, 15) is 13.2 Å². The Morgan fingerprint density at radius 2 is 2.15 bits per heavy atom. The van der Waals surface area contributed by atoms with Crippen molar-refractivity contribution in [2.45, 2.75) is 4.90 Å². The van der Waals surface area contributed by atoms with Crippen molar-refractivity contribution < 1.29 is 18.3 Å². The molecule has 0 saturated heterocycles. The van der Waals surface area contributed by atoms with Crippen molar-refractivity contribution in [3.05, 3.63) is 39.8 Å². The van der Waals surface area contributed by atoms with Crippen LogP contribution in [-0.4, -0.2) is 29.5 Å². The summed E-state index contributed by atoms with van der Waals surface area (Å²) in [6.07, 6.45) is 2.33. The summed E-state index contributed by atoms with van der Waals surface area (Å²) in [4.78, 5) is 16.6. The molecule has 0 bridgehead atoms. The number of nitrogens with one attached hydrogen (secondary N) is 2. The molecule has 2 aromatic rings. The highest BCUT2D eigenvalue weighted by Crippen LogP contribution is 2.24. The van der Waals surface area contributed by atoms with Crippen LogP contribution in [0.25, 0.3) is 0 Å². The highest BCUT2D eigenvalue weighted by Gasteiger charge is 2.18. The summed E-state index contributed by atoms with van der Waals surface area (Å²) in [6, 6.07) is 2.46. The molecule has 106 valence electrons. The van der Waals surface area contributed by atoms with Crippen LogP contribution in [0.3, 0.4) is 0 Å². The number of pyridine rings is 1. The maximum atomic E-state index is 12.0. The van der Waals surface area contributed by atoms with E-state index >= 15 is 0 Å². The van der Waals surface area contributed by atoms with E-state index in [2.05, 4.69) is 30.6 Å². The second kappa shape index (κ2) is 5.43. The number of carboxylic acid groups (broad SMARTS) is 1. The zero-order valence-corrected chi connectivity index (χ0v) is 12.8. The normalized spacial score (nSPS) is 11.3. The lowest BCUT2D eigenvalue weighted by atomic mass is 10.4. The fourth-order valence-corrected chi connectivity index (χ4v) is 2.82. The first-order chi connectivity index (χ1) is 9.29. The summed E-state index contributed by atoms with van der Waals surface area (Å²) in [5.41, 5.74) is -0.0277. The zero-order chi connectivity index (χ0) is 14.9. The minimum Gasteiger partial charge on any atom is -0.477 e. The van der Waals surface area contributed by atoms with Crippen molar-refractivity contribution in [2.24, 2.45) is 0 Å². The lowest BCUT2D eigenvalue weighted by molar-refractivity contribution is 0.0691. The second-order valence-electron chi connectivity index (χ2n) is 3.66. The van der Waals surface area contributed by atoms with Crippen molar-refractivity contribution in [1.82, 2.24) is 9.97 Å².